The molecule has 0 atom stereocenters. The van der Waals surface area contributed by atoms with Crippen molar-refractivity contribution in [2.24, 2.45) is 10.8 Å². The molecule has 2 aliphatic carbocycles. The van der Waals surface area contributed by atoms with Crippen LogP contribution in [0, 0.1) is 10.8 Å². The van der Waals surface area contributed by atoms with Crippen LogP contribution in [0.2, 0.25) is 0 Å². The van der Waals surface area contributed by atoms with Crippen LogP contribution in [0.25, 0.3) is 0 Å². The first kappa shape index (κ1) is 19.9. The second kappa shape index (κ2) is 6.05. The van der Waals surface area contributed by atoms with Crippen LogP contribution in [-0.4, -0.2) is 0 Å². The number of hydrogen-bond donors (Lipinski definition) is 0. The van der Waals surface area contributed by atoms with Gasteiger partial charge in [-0.05, 0) is 84.1 Å². The monoisotopic (exact) mass is 374 g/mol. The molecule has 22 heavy (non-hydrogen) atoms. The molecule has 0 aromatic rings. The second-order valence-electron chi connectivity index (χ2n) is 7.84. The Morgan fingerprint density at radius 3 is 0.864 bits per heavy atom. The molecule has 0 aliphatic heterocycles. The van der Waals surface area contributed by atoms with Crippen LogP contribution in [-0.2, 0) is 26.2 Å². The molecule has 0 saturated carbocycles. The van der Waals surface area contributed by atoms with Gasteiger partial charge in [0.25, 0.3) is 0 Å². The summed E-state index contributed by atoms with van der Waals surface area (Å²) < 4.78 is 0. The molecule has 0 amide bonds. The molecule has 0 radical (unpaired) electrons. The molecular weight excluding hydrogens is 343 g/mol. The third kappa shape index (κ3) is 2.43. The van der Waals surface area contributed by atoms with Crippen LogP contribution in [0.5, 0.6) is 0 Å². The summed E-state index contributed by atoms with van der Waals surface area (Å²) in [7, 11) is 0. The van der Waals surface area contributed by atoms with Crippen molar-refractivity contribution in [1.29, 1.82) is 0 Å². The fraction of sp³-hybridized carbons (Fsp3) is 0.619. The average Bonchev–Trinajstić information content (AvgIpc) is 2.67. The van der Waals surface area contributed by atoms with Gasteiger partial charge in [-0.1, -0.05) is 36.1 Å². The van der Waals surface area contributed by atoms with Gasteiger partial charge in [0.2, 0.25) is 0 Å². The first-order valence-electron chi connectivity index (χ1n) is 8.21. The zero-order chi connectivity index (χ0) is 16.3. The third-order valence-corrected chi connectivity index (χ3v) is 7.39. The predicted octanol–water partition coefficient (Wildman–Crippen LogP) is 6.76. The van der Waals surface area contributed by atoms with Crippen molar-refractivity contribution >= 4 is 0 Å². The summed E-state index contributed by atoms with van der Waals surface area (Å²) in [6.07, 6.45) is 1.19. The maximum atomic E-state index is 2.45. The van der Waals surface area contributed by atoms with E-state index < -0.39 is 0 Å². The number of allylic oxidation sites excluding steroid dienone is 8. The summed E-state index contributed by atoms with van der Waals surface area (Å²) in [6, 6.07) is 0. The van der Waals surface area contributed by atoms with Gasteiger partial charge in [-0.2, -0.15) is 0 Å². The number of hydrogen-bond acceptors (Lipinski definition) is 0. The molecule has 0 bridgehead atoms. The maximum absolute atomic E-state index is 2.45. The van der Waals surface area contributed by atoms with Gasteiger partial charge in [0.15, 0.2) is 0 Å². The van der Waals surface area contributed by atoms with Gasteiger partial charge in [0.05, 0.1) is 0 Å². The van der Waals surface area contributed by atoms with Crippen molar-refractivity contribution in [1.82, 2.24) is 0 Å². The largest absolute Gasteiger partial charge is 0.0601 e. The van der Waals surface area contributed by atoms with E-state index in [0.29, 0.717) is 0 Å². The van der Waals surface area contributed by atoms with E-state index in [1.807, 2.05) is 0 Å². The fourth-order valence-corrected chi connectivity index (χ4v) is 4.58. The molecule has 120 valence electrons. The SMILES string of the molecule is CC1=C(C)C(C)(CC2(C)C(C)=C(C)C(C)=C2C)C(C)=C1C.[Zr]. The Kier molecular flexibility index (Phi) is 5.47. The molecule has 0 unspecified atom stereocenters. The summed E-state index contributed by atoms with van der Waals surface area (Å²) in [4.78, 5) is 0. The molecule has 0 aromatic heterocycles. The standard InChI is InChI=1S/C21H32.Zr/c1-12-13(2)17(6)20(9,16(12)5)11-21(10)18(7)14(3)15(4)19(21)8;/h11H2,1-10H3;. The van der Waals surface area contributed by atoms with E-state index in [2.05, 4.69) is 69.2 Å². The van der Waals surface area contributed by atoms with Gasteiger partial charge in [0.1, 0.15) is 0 Å². The Labute approximate surface area is 157 Å². The third-order valence-electron chi connectivity index (χ3n) is 7.39. The molecule has 2 aliphatic rings. The predicted molar refractivity (Wildman–Crippen MR) is 94.3 cm³/mol. The summed E-state index contributed by atoms with van der Waals surface area (Å²) in [5.41, 5.74) is 12.7. The molecule has 0 N–H and O–H groups in total. The minimum Gasteiger partial charge on any atom is -0.0601 e. The van der Waals surface area contributed by atoms with Gasteiger partial charge < -0.3 is 0 Å². The van der Waals surface area contributed by atoms with Crippen LogP contribution in [0.15, 0.2) is 44.6 Å². The van der Waals surface area contributed by atoms with Crippen molar-refractivity contribution < 1.29 is 26.2 Å². The van der Waals surface area contributed by atoms with Crippen molar-refractivity contribution in [2.45, 2.75) is 75.7 Å². The minimum atomic E-state index is 0. The van der Waals surface area contributed by atoms with Crippen molar-refractivity contribution in [2.75, 3.05) is 0 Å². The quantitative estimate of drug-likeness (QED) is 0.500. The van der Waals surface area contributed by atoms with Gasteiger partial charge >= 0.3 is 0 Å². The molecule has 1 heteroatoms. The Hall–Kier alpha value is -0.157. The van der Waals surface area contributed by atoms with Crippen LogP contribution >= 0.6 is 0 Å². The second-order valence-corrected chi connectivity index (χ2v) is 7.84. The molecule has 0 saturated heterocycles. The molecule has 0 nitrogen and oxygen atoms in total. The van der Waals surface area contributed by atoms with Gasteiger partial charge in [-0.15, -0.1) is 0 Å². The molecular formula is C21H32Zr. The Balaban J connectivity index is 0.00000242. The first-order valence-corrected chi connectivity index (χ1v) is 8.21. The Bertz CT molecular complexity index is 531. The first-order chi connectivity index (χ1) is 9.48. The van der Waals surface area contributed by atoms with E-state index in [9.17, 15) is 0 Å². The maximum Gasteiger partial charge on any atom is 0.0110 e. The van der Waals surface area contributed by atoms with E-state index in [-0.39, 0.29) is 37.0 Å². The molecule has 0 heterocycles. The van der Waals surface area contributed by atoms with E-state index in [0.717, 1.165) is 0 Å². The van der Waals surface area contributed by atoms with E-state index in [1.165, 1.54) is 28.7 Å². The van der Waals surface area contributed by atoms with Crippen LogP contribution in [0.1, 0.15) is 75.7 Å². The zero-order valence-electron chi connectivity index (χ0n) is 16.2. The van der Waals surface area contributed by atoms with Gasteiger partial charge in [-0.3, -0.25) is 0 Å². The smallest absolute Gasteiger partial charge is 0.0110 e. The summed E-state index contributed by atoms with van der Waals surface area (Å²) in [5, 5.41) is 0. The summed E-state index contributed by atoms with van der Waals surface area (Å²) in [5.74, 6) is 0. The van der Waals surface area contributed by atoms with Crippen molar-refractivity contribution in [3.8, 4) is 0 Å². The van der Waals surface area contributed by atoms with Crippen LogP contribution in [0.4, 0.5) is 0 Å². The molecule has 2 rings (SSSR count). The molecule has 0 aromatic carbocycles. The van der Waals surface area contributed by atoms with Crippen LogP contribution < -0.4 is 0 Å². The summed E-state index contributed by atoms with van der Waals surface area (Å²) >= 11 is 0. The molecule has 0 fully saturated rings. The Morgan fingerprint density at radius 1 is 0.500 bits per heavy atom. The minimum absolute atomic E-state index is 0. The van der Waals surface area contributed by atoms with E-state index in [1.54, 1.807) is 22.3 Å². The van der Waals surface area contributed by atoms with Gasteiger partial charge in [-0.25, -0.2) is 0 Å². The van der Waals surface area contributed by atoms with E-state index >= 15 is 0 Å². The number of rotatable bonds is 2. The fourth-order valence-electron chi connectivity index (χ4n) is 4.58. The van der Waals surface area contributed by atoms with Crippen molar-refractivity contribution in [3.63, 3.8) is 0 Å². The summed E-state index contributed by atoms with van der Waals surface area (Å²) in [6.45, 7) is 23.4. The topological polar surface area (TPSA) is 0 Å². The Morgan fingerprint density at radius 2 is 0.682 bits per heavy atom. The van der Waals surface area contributed by atoms with E-state index in [4.69, 9.17) is 0 Å². The van der Waals surface area contributed by atoms with Gasteiger partial charge in [0, 0.05) is 37.0 Å². The zero-order valence-corrected chi connectivity index (χ0v) is 18.7. The normalized spacial score (nSPS) is 23.7. The molecule has 0 spiro atoms. The average molecular weight is 376 g/mol. The van der Waals surface area contributed by atoms with Crippen LogP contribution in [0.3, 0.4) is 0 Å². The van der Waals surface area contributed by atoms with Crippen molar-refractivity contribution in [3.05, 3.63) is 44.6 Å².